The number of carbonyl (C=O) groups is 1. The molecule has 3 heterocycles. The summed E-state index contributed by atoms with van der Waals surface area (Å²) in [5.74, 6) is -0.0385. The Morgan fingerprint density at radius 1 is 1.24 bits per heavy atom. The van der Waals surface area contributed by atoms with Crippen molar-refractivity contribution < 1.29 is 4.79 Å². The second-order valence-corrected chi connectivity index (χ2v) is 7.61. The number of anilines is 1. The highest BCUT2D eigenvalue weighted by Crippen LogP contribution is 2.26. The van der Waals surface area contributed by atoms with Crippen LogP contribution in [-0.4, -0.2) is 36.7 Å². The highest BCUT2D eigenvalue weighted by Gasteiger charge is 2.20. The molecule has 0 radical (unpaired) electrons. The number of fused-ring (bicyclic) bond motifs is 1. The SMILES string of the molecule is CC(=O)Nc1cccc2c1CCN(Cn1ncn(CCc3ccccn3)c1=S)C2. The summed E-state index contributed by atoms with van der Waals surface area (Å²) >= 11 is 5.62. The van der Waals surface area contributed by atoms with Crippen LogP contribution in [0.3, 0.4) is 0 Å². The first-order valence-corrected chi connectivity index (χ1v) is 10.1. The molecule has 0 bridgehead atoms. The van der Waals surface area contributed by atoms with E-state index in [1.54, 1.807) is 13.3 Å². The van der Waals surface area contributed by atoms with E-state index in [9.17, 15) is 4.79 Å². The van der Waals surface area contributed by atoms with Gasteiger partial charge in [-0.05, 0) is 48.0 Å². The second-order valence-electron chi connectivity index (χ2n) is 7.25. The molecule has 29 heavy (non-hydrogen) atoms. The van der Waals surface area contributed by atoms with Gasteiger partial charge in [-0.3, -0.25) is 14.7 Å². The van der Waals surface area contributed by atoms with Crippen molar-refractivity contribution in [1.82, 2.24) is 24.2 Å². The van der Waals surface area contributed by atoms with E-state index >= 15 is 0 Å². The molecule has 3 aromatic rings. The average Bonchev–Trinajstić information content (AvgIpc) is 3.06. The van der Waals surface area contributed by atoms with Crippen LogP contribution in [0.25, 0.3) is 0 Å². The maximum atomic E-state index is 11.4. The fourth-order valence-electron chi connectivity index (χ4n) is 3.69. The van der Waals surface area contributed by atoms with Gasteiger partial charge in [0.15, 0.2) is 4.77 Å². The third kappa shape index (κ3) is 4.60. The van der Waals surface area contributed by atoms with Gasteiger partial charge in [0, 0.05) is 50.6 Å². The lowest BCUT2D eigenvalue weighted by molar-refractivity contribution is -0.114. The standard InChI is InChI=1S/C21H24N6OS/c1-16(28)24-20-7-4-5-17-13-25(11-9-19(17)20)15-27-21(29)26(14-23-27)12-8-18-6-2-3-10-22-18/h2-7,10,14H,8-9,11-13,15H2,1H3,(H,24,28). The van der Waals surface area contributed by atoms with Crippen LogP contribution in [0.4, 0.5) is 5.69 Å². The molecule has 0 saturated carbocycles. The molecule has 4 rings (SSSR count). The number of nitrogens with zero attached hydrogens (tertiary/aromatic N) is 5. The van der Waals surface area contributed by atoms with Crippen molar-refractivity contribution >= 4 is 23.8 Å². The van der Waals surface area contributed by atoms with E-state index in [0.717, 1.165) is 48.6 Å². The van der Waals surface area contributed by atoms with Gasteiger partial charge in [-0.25, -0.2) is 4.68 Å². The van der Waals surface area contributed by atoms with Crippen molar-refractivity contribution in [3.8, 4) is 0 Å². The first-order valence-electron chi connectivity index (χ1n) is 9.73. The molecule has 1 amide bonds. The normalized spacial score (nSPS) is 13.8. The van der Waals surface area contributed by atoms with Crippen LogP contribution in [0.5, 0.6) is 0 Å². The monoisotopic (exact) mass is 408 g/mol. The number of pyridine rings is 1. The van der Waals surface area contributed by atoms with Crippen molar-refractivity contribution in [1.29, 1.82) is 0 Å². The molecule has 1 N–H and O–H groups in total. The van der Waals surface area contributed by atoms with Crippen molar-refractivity contribution in [3.05, 3.63) is 70.5 Å². The van der Waals surface area contributed by atoms with Crippen LogP contribution in [0.15, 0.2) is 48.9 Å². The summed E-state index contributed by atoms with van der Waals surface area (Å²) < 4.78 is 4.59. The molecule has 1 aliphatic heterocycles. The summed E-state index contributed by atoms with van der Waals surface area (Å²) in [4.78, 5) is 18.1. The molecular formula is C21H24N6OS. The van der Waals surface area contributed by atoms with Crippen LogP contribution in [-0.2, 0) is 37.4 Å². The van der Waals surface area contributed by atoms with E-state index in [1.807, 2.05) is 45.8 Å². The van der Waals surface area contributed by atoms with Gasteiger partial charge in [-0.2, -0.15) is 5.10 Å². The van der Waals surface area contributed by atoms with E-state index in [-0.39, 0.29) is 5.91 Å². The zero-order chi connectivity index (χ0) is 20.2. The van der Waals surface area contributed by atoms with Crippen LogP contribution >= 0.6 is 12.2 Å². The van der Waals surface area contributed by atoms with Gasteiger partial charge >= 0.3 is 0 Å². The number of benzene rings is 1. The van der Waals surface area contributed by atoms with Gasteiger partial charge < -0.3 is 9.88 Å². The van der Waals surface area contributed by atoms with Crippen LogP contribution in [0.2, 0.25) is 0 Å². The molecular weight excluding hydrogens is 384 g/mol. The van der Waals surface area contributed by atoms with Gasteiger partial charge in [0.2, 0.25) is 5.91 Å². The van der Waals surface area contributed by atoms with Crippen LogP contribution in [0, 0.1) is 4.77 Å². The van der Waals surface area contributed by atoms with Crippen molar-refractivity contribution in [3.63, 3.8) is 0 Å². The van der Waals surface area contributed by atoms with Crippen molar-refractivity contribution in [2.24, 2.45) is 0 Å². The Kier molecular flexibility index (Phi) is 5.82. The number of aryl methyl sites for hydroxylation is 2. The molecule has 0 fully saturated rings. The smallest absolute Gasteiger partial charge is 0.221 e. The summed E-state index contributed by atoms with van der Waals surface area (Å²) in [5, 5.41) is 7.43. The van der Waals surface area contributed by atoms with Gasteiger partial charge in [0.05, 0.1) is 6.67 Å². The molecule has 2 aromatic heterocycles. The predicted octanol–water partition coefficient (Wildman–Crippen LogP) is 3.03. The number of nitrogens with one attached hydrogen (secondary N) is 1. The zero-order valence-corrected chi connectivity index (χ0v) is 17.2. The summed E-state index contributed by atoms with van der Waals surface area (Å²) in [5.41, 5.74) is 4.43. The van der Waals surface area contributed by atoms with Crippen LogP contribution < -0.4 is 5.32 Å². The Morgan fingerprint density at radius 3 is 2.93 bits per heavy atom. The molecule has 1 aromatic carbocycles. The zero-order valence-electron chi connectivity index (χ0n) is 16.4. The number of hydrogen-bond donors (Lipinski definition) is 1. The third-order valence-electron chi connectivity index (χ3n) is 5.12. The molecule has 1 aliphatic rings. The lowest BCUT2D eigenvalue weighted by atomic mass is 9.98. The second kappa shape index (κ2) is 8.67. The van der Waals surface area contributed by atoms with Crippen molar-refractivity contribution in [2.45, 2.75) is 39.5 Å². The van der Waals surface area contributed by atoms with Gasteiger partial charge in [0.25, 0.3) is 0 Å². The Bertz CT molecular complexity index is 1060. The van der Waals surface area contributed by atoms with E-state index in [2.05, 4.69) is 26.4 Å². The van der Waals surface area contributed by atoms with E-state index in [1.165, 1.54) is 11.1 Å². The highest BCUT2D eigenvalue weighted by molar-refractivity contribution is 7.71. The Morgan fingerprint density at radius 2 is 2.14 bits per heavy atom. The molecule has 0 spiro atoms. The van der Waals surface area contributed by atoms with E-state index in [4.69, 9.17) is 12.2 Å². The number of hydrogen-bond acceptors (Lipinski definition) is 5. The Labute approximate surface area is 175 Å². The number of carbonyl (C=O) groups excluding carboxylic acids is 1. The number of rotatable bonds is 6. The molecule has 150 valence electrons. The fourth-order valence-corrected chi connectivity index (χ4v) is 3.93. The maximum absolute atomic E-state index is 11.4. The molecule has 8 heteroatoms. The minimum atomic E-state index is -0.0385. The lowest BCUT2D eigenvalue weighted by Gasteiger charge is -2.29. The van der Waals surface area contributed by atoms with Gasteiger partial charge in [-0.15, -0.1) is 0 Å². The molecule has 0 aliphatic carbocycles. The van der Waals surface area contributed by atoms with Gasteiger partial charge in [-0.1, -0.05) is 18.2 Å². The number of amides is 1. The Hall–Kier alpha value is -2.84. The van der Waals surface area contributed by atoms with E-state index in [0.29, 0.717) is 6.67 Å². The summed E-state index contributed by atoms with van der Waals surface area (Å²) in [6.45, 7) is 4.66. The van der Waals surface area contributed by atoms with E-state index < -0.39 is 0 Å². The average molecular weight is 409 g/mol. The fraction of sp³-hybridized carbons (Fsp3) is 0.333. The molecule has 0 saturated heterocycles. The summed E-state index contributed by atoms with van der Waals surface area (Å²) in [7, 11) is 0. The quantitative estimate of drug-likeness (QED) is 0.635. The first-order chi connectivity index (χ1) is 14.1. The van der Waals surface area contributed by atoms with Gasteiger partial charge in [0.1, 0.15) is 6.33 Å². The maximum Gasteiger partial charge on any atom is 0.221 e. The third-order valence-corrected chi connectivity index (χ3v) is 5.57. The van der Waals surface area contributed by atoms with Crippen LogP contribution in [0.1, 0.15) is 23.7 Å². The largest absolute Gasteiger partial charge is 0.326 e. The lowest BCUT2D eigenvalue weighted by Crippen LogP contribution is -2.33. The topological polar surface area (TPSA) is 68.0 Å². The summed E-state index contributed by atoms with van der Waals surface area (Å²) in [6, 6.07) is 12.0. The predicted molar refractivity (Wildman–Crippen MR) is 114 cm³/mol. The molecule has 0 unspecified atom stereocenters. The van der Waals surface area contributed by atoms with Crippen molar-refractivity contribution in [2.75, 3.05) is 11.9 Å². The Balaban J connectivity index is 1.41. The minimum Gasteiger partial charge on any atom is -0.326 e. The number of aromatic nitrogens is 4. The highest BCUT2D eigenvalue weighted by atomic mass is 32.1. The minimum absolute atomic E-state index is 0.0385. The molecule has 7 nitrogen and oxygen atoms in total. The summed E-state index contributed by atoms with van der Waals surface area (Å²) in [6.07, 6.45) is 5.32. The molecule has 0 atom stereocenters. The first kappa shape index (κ1) is 19.5.